The molecule has 1 aromatic carbocycles. The Hall–Kier alpha value is -3.07. The zero-order valence-corrected chi connectivity index (χ0v) is 17.0. The number of amides is 2. The van der Waals surface area contributed by atoms with Crippen LogP contribution in [0.25, 0.3) is 10.9 Å². The van der Waals surface area contributed by atoms with Crippen LogP contribution in [0.3, 0.4) is 0 Å². The van der Waals surface area contributed by atoms with E-state index in [9.17, 15) is 9.59 Å². The molecule has 2 N–H and O–H groups in total. The van der Waals surface area contributed by atoms with Gasteiger partial charge in [0.25, 0.3) is 5.91 Å². The van der Waals surface area contributed by atoms with Gasteiger partial charge in [-0.25, -0.2) is 4.98 Å². The number of aryl methyl sites for hydroxylation is 2. The molecule has 3 aromatic rings. The Labute approximate surface area is 166 Å². The molecule has 8 nitrogen and oxygen atoms in total. The molecule has 3 rings (SSSR count). The zero-order valence-electron chi connectivity index (χ0n) is 16.2. The van der Waals surface area contributed by atoms with Gasteiger partial charge in [-0.1, -0.05) is 0 Å². The van der Waals surface area contributed by atoms with E-state index < -0.39 is 0 Å². The number of fused-ring (bicyclic) bond motifs is 1. The number of ether oxygens (including phenoxy) is 2. The van der Waals surface area contributed by atoms with Crippen LogP contribution in [0.2, 0.25) is 0 Å². The molecule has 0 saturated carbocycles. The molecule has 0 spiro atoms. The summed E-state index contributed by atoms with van der Waals surface area (Å²) in [4.78, 5) is 29.7. The summed E-state index contributed by atoms with van der Waals surface area (Å²) in [6.45, 7) is 2.14. The molecule has 0 radical (unpaired) electrons. The lowest BCUT2D eigenvalue weighted by molar-refractivity contribution is -0.116. The van der Waals surface area contributed by atoms with Crippen LogP contribution >= 0.6 is 11.3 Å². The number of aromatic nitrogens is 2. The maximum atomic E-state index is 12.6. The van der Waals surface area contributed by atoms with Crippen molar-refractivity contribution in [3.63, 3.8) is 0 Å². The first-order chi connectivity index (χ1) is 13.4. The Balaban J connectivity index is 1.66. The summed E-state index contributed by atoms with van der Waals surface area (Å²) < 4.78 is 12.5. The van der Waals surface area contributed by atoms with E-state index in [1.165, 1.54) is 11.3 Å². The van der Waals surface area contributed by atoms with Gasteiger partial charge in [0, 0.05) is 48.6 Å². The van der Waals surface area contributed by atoms with Crippen LogP contribution in [0.1, 0.15) is 21.8 Å². The fourth-order valence-electron chi connectivity index (χ4n) is 2.85. The van der Waals surface area contributed by atoms with Crippen LogP contribution in [0, 0.1) is 6.92 Å². The Morgan fingerprint density at radius 3 is 2.64 bits per heavy atom. The minimum absolute atomic E-state index is 0.158. The fraction of sp³-hybridized carbons (Fsp3) is 0.316. The number of methoxy groups -OCH3 is 2. The summed E-state index contributed by atoms with van der Waals surface area (Å²) in [6, 6.07) is 5.38. The molecule has 0 aliphatic rings. The first-order valence-electron chi connectivity index (χ1n) is 8.65. The van der Waals surface area contributed by atoms with Gasteiger partial charge in [-0.05, 0) is 13.0 Å². The van der Waals surface area contributed by atoms with Crippen molar-refractivity contribution < 1.29 is 19.1 Å². The molecule has 0 saturated heterocycles. The highest BCUT2D eigenvalue weighted by Gasteiger charge is 2.17. The molecule has 0 fully saturated rings. The van der Waals surface area contributed by atoms with E-state index in [2.05, 4.69) is 15.6 Å². The molecule has 2 amide bonds. The highest BCUT2D eigenvalue weighted by Crippen LogP contribution is 2.33. The predicted octanol–water partition coefficient (Wildman–Crippen LogP) is 2.72. The molecule has 0 bridgehead atoms. The molecular formula is C19H22N4O4S. The van der Waals surface area contributed by atoms with Crippen molar-refractivity contribution in [3.8, 4) is 11.5 Å². The number of carbonyl (C=O) groups is 2. The maximum absolute atomic E-state index is 12.6. The lowest BCUT2D eigenvalue weighted by Crippen LogP contribution is -2.29. The van der Waals surface area contributed by atoms with E-state index in [-0.39, 0.29) is 24.8 Å². The topological polar surface area (TPSA) is 94.5 Å². The molecule has 0 atom stereocenters. The second kappa shape index (κ2) is 8.30. The van der Waals surface area contributed by atoms with Gasteiger partial charge in [-0.15, -0.1) is 11.3 Å². The molecule has 2 aromatic heterocycles. The van der Waals surface area contributed by atoms with Gasteiger partial charge in [0.15, 0.2) is 5.13 Å². The average molecular weight is 402 g/mol. The van der Waals surface area contributed by atoms with Crippen LogP contribution in [-0.2, 0) is 11.8 Å². The molecular weight excluding hydrogens is 380 g/mol. The molecule has 0 unspecified atom stereocenters. The summed E-state index contributed by atoms with van der Waals surface area (Å²) in [6.07, 6.45) is 1.86. The number of hydrogen-bond donors (Lipinski definition) is 2. The Morgan fingerprint density at radius 1 is 1.21 bits per heavy atom. The lowest BCUT2D eigenvalue weighted by atomic mass is 10.2. The van der Waals surface area contributed by atoms with Crippen molar-refractivity contribution in [2.75, 3.05) is 26.1 Å². The largest absolute Gasteiger partial charge is 0.497 e. The number of carbonyl (C=O) groups excluding carboxylic acids is 2. The number of benzene rings is 1. The van der Waals surface area contributed by atoms with Crippen LogP contribution < -0.4 is 20.1 Å². The predicted molar refractivity (Wildman–Crippen MR) is 108 cm³/mol. The summed E-state index contributed by atoms with van der Waals surface area (Å²) in [7, 11) is 4.95. The number of thiazole rings is 1. The van der Waals surface area contributed by atoms with Crippen LogP contribution in [0.5, 0.6) is 11.5 Å². The standard InChI is InChI=1S/C19H22N4O4S/c1-11-10-21-19(28-11)22-17(24)5-6-20-18(25)15-9-13-14(23(15)2)7-12(26-3)8-16(13)27-4/h7-10H,5-6H2,1-4H3,(H,20,25)(H,21,22,24). The van der Waals surface area contributed by atoms with Gasteiger partial charge in [-0.3, -0.25) is 9.59 Å². The second-order valence-corrected chi connectivity index (χ2v) is 7.42. The third kappa shape index (κ3) is 4.09. The van der Waals surface area contributed by atoms with Gasteiger partial charge >= 0.3 is 0 Å². The quantitative estimate of drug-likeness (QED) is 0.634. The third-order valence-electron chi connectivity index (χ3n) is 4.29. The summed E-state index contributed by atoms with van der Waals surface area (Å²) in [5.74, 6) is 0.810. The summed E-state index contributed by atoms with van der Waals surface area (Å²) in [5.41, 5.74) is 1.29. The summed E-state index contributed by atoms with van der Waals surface area (Å²) in [5, 5.41) is 6.87. The van der Waals surface area contributed by atoms with E-state index in [1.54, 1.807) is 44.2 Å². The van der Waals surface area contributed by atoms with Gasteiger partial charge < -0.3 is 24.7 Å². The third-order valence-corrected chi connectivity index (χ3v) is 5.12. The van der Waals surface area contributed by atoms with Crippen molar-refractivity contribution in [3.05, 3.63) is 35.0 Å². The second-order valence-electron chi connectivity index (χ2n) is 6.18. The Morgan fingerprint density at radius 2 is 2.00 bits per heavy atom. The van der Waals surface area contributed by atoms with E-state index >= 15 is 0 Å². The Kier molecular flexibility index (Phi) is 5.84. The SMILES string of the molecule is COc1cc(OC)c2cc(C(=O)NCCC(=O)Nc3ncc(C)s3)n(C)c2c1. The van der Waals surface area contributed by atoms with Crippen molar-refractivity contribution in [1.29, 1.82) is 0 Å². The van der Waals surface area contributed by atoms with Gasteiger partial charge in [-0.2, -0.15) is 0 Å². The first-order valence-corrected chi connectivity index (χ1v) is 9.46. The molecule has 0 aliphatic carbocycles. The summed E-state index contributed by atoms with van der Waals surface area (Å²) >= 11 is 1.41. The number of nitrogens with one attached hydrogen (secondary N) is 2. The minimum Gasteiger partial charge on any atom is -0.497 e. The minimum atomic E-state index is -0.266. The van der Waals surface area contributed by atoms with Gasteiger partial charge in [0.1, 0.15) is 17.2 Å². The monoisotopic (exact) mass is 402 g/mol. The molecule has 9 heteroatoms. The lowest BCUT2D eigenvalue weighted by Gasteiger charge is -2.08. The smallest absolute Gasteiger partial charge is 0.267 e. The van der Waals surface area contributed by atoms with E-state index in [0.717, 1.165) is 15.8 Å². The van der Waals surface area contributed by atoms with E-state index in [0.29, 0.717) is 22.3 Å². The van der Waals surface area contributed by atoms with Crippen molar-refractivity contribution in [2.24, 2.45) is 7.05 Å². The average Bonchev–Trinajstić information content (AvgIpc) is 3.23. The molecule has 2 heterocycles. The van der Waals surface area contributed by atoms with Crippen LogP contribution in [0.4, 0.5) is 5.13 Å². The number of nitrogens with zero attached hydrogens (tertiary/aromatic N) is 2. The number of hydrogen-bond acceptors (Lipinski definition) is 6. The molecule has 0 aliphatic heterocycles. The maximum Gasteiger partial charge on any atom is 0.267 e. The van der Waals surface area contributed by atoms with Crippen LogP contribution in [0.15, 0.2) is 24.4 Å². The Bertz CT molecular complexity index is 1020. The number of anilines is 1. The highest BCUT2D eigenvalue weighted by molar-refractivity contribution is 7.15. The molecule has 28 heavy (non-hydrogen) atoms. The molecule has 148 valence electrons. The van der Waals surface area contributed by atoms with Crippen LogP contribution in [-0.4, -0.2) is 42.1 Å². The van der Waals surface area contributed by atoms with Gasteiger partial charge in [0.05, 0.1) is 19.7 Å². The van der Waals surface area contributed by atoms with Crippen molar-refractivity contribution in [2.45, 2.75) is 13.3 Å². The van der Waals surface area contributed by atoms with E-state index in [4.69, 9.17) is 9.47 Å². The van der Waals surface area contributed by atoms with Crippen molar-refractivity contribution >= 4 is 39.2 Å². The normalized spacial score (nSPS) is 10.7. The zero-order chi connectivity index (χ0) is 20.3. The fourth-order valence-corrected chi connectivity index (χ4v) is 3.53. The number of rotatable bonds is 7. The first kappa shape index (κ1) is 19.7. The highest BCUT2D eigenvalue weighted by atomic mass is 32.1. The van der Waals surface area contributed by atoms with Gasteiger partial charge in [0.2, 0.25) is 5.91 Å². The van der Waals surface area contributed by atoms with Crippen molar-refractivity contribution in [1.82, 2.24) is 14.9 Å². The van der Waals surface area contributed by atoms with E-state index in [1.807, 2.05) is 13.0 Å².